The number of anilines is 1. The second-order valence-corrected chi connectivity index (χ2v) is 7.28. The molecule has 5 heteroatoms. The Labute approximate surface area is 113 Å². The number of nitrogens with one attached hydrogen (secondary N) is 1. The summed E-state index contributed by atoms with van der Waals surface area (Å²) in [5.41, 5.74) is 0.161. The van der Waals surface area contributed by atoms with Gasteiger partial charge >= 0.3 is 0 Å². The number of hydrogen-bond acceptors (Lipinski definition) is 5. The standard InChI is InChI=1S/C13H23N3OS/c1-8(2)7-17-11-6-10(13(11,4)5)14-12-16-15-9(3)18-12/h8,10-11H,6-7H2,1-5H3,(H,14,16). The van der Waals surface area contributed by atoms with Crippen LogP contribution < -0.4 is 5.32 Å². The molecule has 4 nitrogen and oxygen atoms in total. The summed E-state index contributed by atoms with van der Waals surface area (Å²) in [6, 6.07) is 0.432. The van der Waals surface area contributed by atoms with Crippen molar-refractivity contribution in [2.45, 2.75) is 53.2 Å². The van der Waals surface area contributed by atoms with Crippen LogP contribution in [0.5, 0.6) is 0 Å². The molecule has 1 aromatic rings. The van der Waals surface area contributed by atoms with E-state index >= 15 is 0 Å². The van der Waals surface area contributed by atoms with Gasteiger partial charge in [0, 0.05) is 18.1 Å². The fraction of sp³-hybridized carbons (Fsp3) is 0.846. The largest absolute Gasteiger partial charge is 0.377 e. The molecule has 1 aliphatic carbocycles. The summed E-state index contributed by atoms with van der Waals surface area (Å²) in [5, 5.41) is 13.5. The lowest BCUT2D eigenvalue weighted by Crippen LogP contribution is -2.58. The first-order chi connectivity index (χ1) is 8.39. The number of ether oxygens (including phenoxy) is 1. The molecule has 1 N–H and O–H groups in total. The lowest BCUT2D eigenvalue weighted by molar-refractivity contribution is -0.108. The zero-order valence-electron chi connectivity index (χ0n) is 11.9. The van der Waals surface area contributed by atoms with Crippen LogP contribution in [-0.4, -0.2) is 29.0 Å². The van der Waals surface area contributed by atoms with Crippen molar-refractivity contribution >= 4 is 16.5 Å². The Balaban J connectivity index is 1.86. The molecule has 1 heterocycles. The highest BCUT2D eigenvalue weighted by molar-refractivity contribution is 7.15. The van der Waals surface area contributed by atoms with E-state index in [1.807, 2.05) is 6.92 Å². The Morgan fingerprint density at radius 2 is 2.17 bits per heavy atom. The van der Waals surface area contributed by atoms with Crippen LogP contribution in [-0.2, 0) is 4.74 Å². The summed E-state index contributed by atoms with van der Waals surface area (Å²) in [5.74, 6) is 0.596. The summed E-state index contributed by atoms with van der Waals surface area (Å²) in [4.78, 5) is 0. The molecule has 1 saturated carbocycles. The van der Waals surface area contributed by atoms with Crippen LogP contribution >= 0.6 is 11.3 Å². The molecule has 0 radical (unpaired) electrons. The third-order valence-electron chi connectivity index (χ3n) is 3.63. The molecule has 0 aliphatic heterocycles. The first kappa shape index (κ1) is 13.7. The minimum absolute atomic E-state index is 0.161. The van der Waals surface area contributed by atoms with Gasteiger partial charge in [-0.05, 0) is 19.3 Å². The van der Waals surface area contributed by atoms with Gasteiger partial charge in [-0.1, -0.05) is 39.0 Å². The Hall–Kier alpha value is -0.680. The van der Waals surface area contributed by atoms with Crippen LogP contribution in [0.2, 0.25) is 0 Å². The highest BCUT2D eigenvalue weighted by Gasteiger charge is 2.49. The smallest absolute Gasteiger partial charge is 0.205 e. The molecule has 2 rings (SSSR count). The average molecular weight is 269 g/mol. The molecule has 18 heavy (non-hydrogen) atoms. The number of nitrogens with zero attached hydrogens (tertiary/aromatic N) is 2. The van der Waals surface area contributed by atoms with Gasteiger partial charge in [-0.25, -0.2) is 0 Å². The van der Waals surface area contributed by atoms with E-state index in [9.17, 15) is 0 Å². The minimum Gasteiger partial charge on any atom is -0.377 e. The maximum atomic E-state index is 5.96. The maximum absolute atomic E-state index is 5.96. The number of rotatable bonds is 5. The van der Waals surface area contributed by atoms with Crippen LogP contribution in [0.3, 0.4) is 0 Å². The second kappa shape index (κ2) is 5.13. The summed E-state index contributed by atoms with van der Waals surface area (Å²) < 4.78 is 5.96. The summed E-state index contributed by atoms with van der Waals surface area (Å²) in [7, 11) is 0. The van der Waals surface area contributed by atoms with E-state index in [2.05, 4.69) is 43.2 Å². The van der Waals surface area contributed by atoms with Crippen LogP contribution in [0, 0.1) is 18.3 Å². The zero-order valence-corrected chi connectivity index (χ0v) is 12.7. The van der Waals surface area contributed by atoms with Crippen molar-refractivity contribution in [3.05, 3.63) is 5.01 Å². The Morgan fingerprint density at radius 3 is 2.67 bits per heavy atom. The Kier molecular flexibility index (Phi) is 3.92. The quantitative estimate of drug-likeness (QED) is 0.892. The summed E-state index contributed by atoms with van der Waals surface area (Å²) in [6.07, 6.45) is 1.41. The van der Waals surface area contributed by atoms with Crippen molar-refractivity contribution < 1.29 is 4.74 Å². The van der Waals surface area contributed by atoms with E-state index in [0.717, 1.165) is 23.2 Å². The van der Waals surface area contributed by atoms with Crippen molar-refractivity contribution in [1.29, 1.82) is 0 Å². The van der Waals surface area contributed by atoms with Gasteiger partial charge < -0.3 is 10.1 Å². The predicted octanol–water partition coefficient (Wildman–Crippen LogP) is 3.10. The zero-order chi connectivity index (χ0) is 13.3. The van der Waals surface area contributed by atoms with Crippen molar-refractivity contribution in [3.8, 4) is 0 Å². The monoisotopic (exact) mass is 269 g/mol. The molecule has 0 saturated heterocycles. The highest BCUT2D eigenvalue weighted by atomic mass is 32.1. The molecular weight excluding hydrogens is 246 g/mol. The molecule has 2 atom stereocenters. The van der Waals surface area contributed by atoms with Crippen molar-refractivity contribution in [2.24, 2.45) is 11.3 Å². The number of hydrogen-bond donors (Lipinski definition) is 1. The van der Waals surface area contributed by atoms with Gasteiger partial charge in [0.15, 0.2) is 0 Å². The lowest BCUT2D eigenvalue weighted by atomic mass is 9.64. The van der Waals surface area contributed by atoms with Gasteiger partial charge in [0.25, 0.3) is 0 Å². The first-order valence-electron chi connectivity index (χ1n) is 6.58. The third kappa shape index (κ3) is 2.83. The predicted molar refractivity (Wildman–Crippen MR) is 75.0 cm³/mol. The van der Waals surface area contributed by atoms with E-state index in [1.165, 1.54) is 0 Å². The van der Waals surface area contributed by atoms with Crippen LogP contribution in [0.25, 0.3) is 0 Å². The SMILES string of the molecule is Cc1nnc(NC2CC(OCC(C)C)C2(C)C)s1. The molecule has 1 aliphatic rings. The van der Waals surface area contributed by atoms with E-state index in [1.54, 1.807) is 11.3 Å². The topological polar surface area (TPSA) is 47.0 Å². The van der Waals surface area contributed by atoms with E-state index in [0.29, 0.717) is 18.1 Å². The van der Waals surface area contributed by atoms with Gasteiger partial charge in [0.05, 0.1) is 6.10 Å². The molecule has 0 bridgehead atoms. The van der Waals surface area contributed by atoms with E-state index in [4.69, 9.17) is 4.74 Å². The molecular formula is C13H23N3OS. The van der Waals surface area contributed by atoms with Gasteiger partial charge in [-0.15, -0.1) is 10.2 Å². The van der Waals surface area contributed by atoms with E-state index in [-0.39, 0.29) is 5.41 Å². The third-order valence-corrected chi connectivity index (χ3v) is 4.40. The van der Waals surface area contributed by atoms with Crippen LogP contribution in [0.4, 0.5) is 5.13 Å². The maximum Gasteiger partial charge on any atom is 0.205 e. The molecule has 2 unspecified atom stereocenters. The molecule has 102 valence electrons. The molecule has 0 aromatic carbocycles. The Morgan fingerprint density at radius 1 is 1.44 bits per heavy atom. The van der Waals surface area contributed by atoms with Crippen molar-refractivity contribution in [2.75, 3.05) is 11.9 Å². The average Bonchev–Trinajstić information content (AvgIpc) is 2.68. The normalized spacial score (nSPS) is 26.1. The van der Waals surface area contributed by atoms with Gasteiger partial charge in [0.1, 0.15) is 5.01 Å². The first-order valence-corrected chi connectivity index (χ1v) is 7.39. The molecule has 0 spiro atoms. The molecule has 0 amide bonds. The van der Waals surface area contributed by atoms with Gasteiger partial charge in [-0.3, -0.25) is 0 Å². The highest BCUT2D eigenvalue weighted by Crippen LogP contribution is 2.44. The van der Waals surface area contributed by atoms with Gasteiger partial charge in [0.2, 0.25) is 5.13 Å². The summed E-state index contributed by atoms with van der Waals surface area (Å²) in [6.45, 7) is 11.7. The van der Waals surface area contributed by atoms with Crippen LogP contribution in [0.1, 0.15) is 39.1 Å². The van der Waals surface area contributed by atoms with Crippen molar-refractivity contribution in [1.82, 2.24) is 10.2 Å². The second-order valence-electron chi connectivity index (χ2n) is 6.10. The molecule has 1 aromatic heterocycles. The number of aryl methyl sites for hydroxylation is 1. The Bertz CT molecular complexity index is 403. The lowest BCUT2D eigenvalue weighted by Gasteiger charge is -2.51. The van der Waals surface area contributed by atoms with Crippen molar-refractivity contribution in [3.63, 3.8) is 0 Å². The number of aromatic nitrogens is 2. The summed E-state index contributed by atoms with van der Waals surface area (Å²) >= 11 is 1.61. The minimum atomic E-state index is 0.161. The molecule has 1 fully saturated rings. The fourth-order valence-corrected chi connectivity index (χ4v) is 2.87. The fourth-order valence-electron chi connectivity index (χ4n) is 2.23. The van der Waals surface area contributed by atoms with Crippen LogP contribution in [0.15, 0.2) is 0 Å². The van der Waals surface area contributed by atoms with Gasteiger partial charge in [-0.2, -0.15) is 0 Å². The van der Waals surface area contributed by atoms with E-state index < -0.39 is 0 Å².